The van der Waals surface area contributed by atoms with E-state index in [2.05, 4.69) is 22.5 Å². The number of nitrogen functional groups attached to an aromatic ring is 1. The van der Waals surface area contributed by atoms with Gasteiger partial charge in [0.05, 0.1) is 11.4 Å². The summed E-state index contributed by atoms with van der Waals surface area (Å²) in [7, 11) is 0. The van der Waals surface area contributed by atoms with Crippen molar-refractivity contribution in [2.24, 2.45) is 0 Å². The Morgan fingerprint density at radius 3 is 2.71 bits per heavy atom. The van der Waals surface area contributed by atoms with Crippen LogP contribution in [0.3, 0.4) is 0 Å². The highest BCUT2D eigenvalue weighted by atomic mass is 15.0. The van der Waals surface area contributed by atoms with Gasteiger partial charge in [0, 0.05) is 19.3 Å². The summed E-state index contributed by atoms with van der Waals surface area (Å²) in [5.41, 5.74) is 9.16. The molecule has 112 valence electrons. The molecule has 2 aromatic rings. The molecule has 0 aliphatic carbocycles. The first-order chi connectivity index (χ1) is 10.3. The molecule has 1 heterocycles. The number of hydrogen-bond acceptors (Lipinski definition) is 4. The van der Waals surface area contributed by atoms with Gasteiger partial charge in [0.1, 0.15) is 5.82 Å². The highest BCUT2D eigenvalue weighted by Gasteiger charge is 2.04. The van der Waals surface area contributed by atoms with Gasteiger partial charge in [0.25, 0.3) is 0 Å². The van der Waals surface area contributed by atoms with Gasteiger partial charge in [-0.05, 0) is 30.2 Å². The van der Waals surface area contributed by atoms with Crippen molar-refractivity contribution in [1.29, 1.82) is 0 Å². The van der Waals surface area contributed by atoms with Crippen molar-refractivity contribution in [1.82, 2.24) is 4.98 Å². The molecule has 0 saturated heterocycles. The van der Waals surface area contributed by atoms with Crippen molar-refractivity contribution < 1.29 is 0 Å². The van der Waals surface area contributed by atoms with Crippen LogP contribution in [0.15, 0.2) is 42.6 Å². The molecule has 0 bridgehead atoms. The third-order valence-corrected chi connectivity index (χ3v) is 3.42. The van der Waals surface area contributed by atoms with Gasteiger partial charge >= 0.3 is 0 Å². The third-order valence-electron chi connectivity index (χ3n) is 3.42. The van der Waals surface area contributed by atoms with E-state index in [0.29, 0.717) is 6.54 Å². The predicted molar refractivity (Wildman–Crippen MR) is 90.4 cm³/mol. The van der Waals surface area contributed by atoms with Crippen LogP contribution in [0.1, 0.15) is 31.7 Å². The van der Waals surface area contributed by atoms with Crippen LogP contribution >= 0.6 is 0 Å². The zero-order valence-electron chi connectivity index (χ0n) is 12.6. The number of nitrogens with one attached hydrogen (secondary N) is 2. The molecule has 0 unspecified atom stereocenters. The number of benzene rings is 1. The smallest absolute Gasteiger partial charge is 0.126 e. The second kappa shape index (κ2) is 8.15. The minimum Gasteiger partial charge on any atom is -0.397 e. The number of pyridine rings is 1. The Bertz CT molecular complexity index is 540. The quantitative estimate of drug-likeness (QED) is 0.508. The lowest BCUT2D eigenvalue weighted by molar-refractivity contribution is 0.744. The van der Waals surface area contributed by atoms with E-state index in [1.807, 2.05) is 36.4 Å². The number of aromatic nitrogens is 1. The number of hydrogen-bond donors (Lipinski definition) is 3. The van der Waals surface area contributed by atoms with E-state index in [9.17, 15) is 0 Å². The van der Waals surface area contributed by atoms with Crippen LogP contribution in [0.4, 0.5) is 17.2 Å². The Morgan fingerprint density at radius 1 is 1.05 bits per heavy atom. The van der Waals surface area contributed by atoms with Crippen LogP contribution in [-0.4, -0.2) is 11.5 Å². The Morgan fingerprint density at radius 2 is 1.95 bits per heavy atom. The van der Waals surface area contributed by atoms with E-state index in [-0.39, 0.29) is 0 Å². The van der Waals surface area contributed by atoms with Gasteiger partial charge in [-0.2, -0.15) is 0 Å². The van der Waals surface area contributed by atoms with E-state index in [4.69, 9.17) is 5.73 Å². The fraction of sp³-hybridized carbons (Fsp3) is 0.353. The highest BCUT2D eigenvalue weighted by Crippen LogP contribution is 2.23. The molecule has 4 N–H and O–H groups in total. The number of nitrogens with two attached hydrogens (primary N) is 1. The lowest BCUT2D eigenvalue weighted by atomic mass is 10.1. The monoisotopic (exact) mass is 284 g/mol. The molecule has 21 heavy (non-hydrogen) atoms. The van der Waals surface area contributed by atoms with E-state index in [0.717, 1.165) is 29.3 Å². The van der Waals surface area contributed by atoms with Gasteiger partial charge in [0.15, 0.2) is 0 Å². The fourth-order valence-electron chi connectivity index (χ4n) is 2.17. The van der Waals surface area contributed by atoms with Crippen LogP contribution in [0.5, 0.6) is 0 Å². The Kier molecular flexibility index (Phi) is 5.88. The van der Waals surface area contributed by atoms with Gasteiger partial charge in [-0.1, -0.05) is 38.0 Å². The summed E-state index contributed by atoms with van der Waals surface area (Å²) in [5.74, 6) is 0.859. The van der Waals surface area contributed by atoms with Crippen LogP contribution < -0.4 is 16.4 Å². The molecule has 0 radical (unpaired) electrons. The van der Waals surface area contributed by atoms with Crippen LogP contribution in [0.2, 0.25) is 0 Å². The molecule has 0 aliphatic rings. The maximum absolute atomic E-state index is 6.24. The molecule has 2 rings (SSSR count). The van der Waals surface area contributed by atoms with Gasteiger partial charge in [0.2, 0.25) is 0 Å². The number of nitrogens with zero attached hydrogens (tertiary/aromatic N) is 1. The van der Waals surface area contributed by atoms with Gasteiger partial charge in [-0.25, -0.2) is 4.98 Å². The molecule has 0 spiro atoms. The van der Waals surface area contributed by atoms with Crippen molar-refractivity contribution in [3.8, 4) is 0 Å². The molecule has 0 aliphatic heterocycles. The summed E-state index contributed by atoms with van der Waals surface area (Å²) in [6, 6.07) is 11.9. The maximum atomic E-state index is 6.24. The number of rotatable bonds is 8. The average molecular weight is 284 g/mol. The lowest BCUT2D eigenvalue weighted by Gasteiger charge is -2.13. The molecule has 4 nitrogen and oxygen atoms in total. The normalized spacial score (nSPS) is 10.3. The lowest BCUT2D eigenvalue weighted by Crippen LogP contribution is -2.08. The Balaban J connectivity index is 1.94. The summed E-state index contributed by atoms with van der Waals surface area (Å²) in [6.45, 7) is 3.85. The number of para-hydroxylation sites is 1. The van der Waals surface area contributed by atoms with Gasteiger partial charge < -0.3 is 16.4 Å². The second-order valence-electron chi connectivity index (χ2n) is 5.08. The molecule has 0 saturated carbocycles. The summed E-state index contributed by atoms with van der Waals surface area (Å²) in [6.07, 6.45) is 5.42. The molecular weight excluding hydrogens is 260 g/mol. The first-order valence-electron chi connectivity index (χ1n) is 7.57. The van der Waals surface area contributed by atoms with Crippen LogP contribution in [0, 0.1) is 0 Å². The van der Waals surface area contributed by atoms with Crippen LogP contribution in [0.25, 0.3) is 0 Å². The summed E-state index contributed by atoms with van der Waals surface area (Å²) in [5, 5.41) is 6.70. The molecule has 1 aromatic heterocycles. The van der Waals surface area contributed by atoms with Crippen molar-refractivity contribution in [3.05, 3.63) is 48.2 Å². The van der Waals surface area contributed by atoms with E-state index in [1.165, 1.54) is 19.3 Å². The minimum atomic E-state index is 0.674. The Hall–Kier alpha value is -2.23. The maximum Gasteiger partial charge on any atom is 0.126 e. The SMILES string of the molecule is CCCCCNc1cccc(CNc2ccccn2)c1N. The number of anilines is 3. The molecule has 4 heteroatoms. The van der Waals surface area contributed by atoms with Gasteiger partial charge in [-0.3, -0.25) is 0 Å². The third kappa shape index (κ3) is 4.67. The van der Waals surface area contributed by atoms with Gasteiger partial charge in [-0.15, -0.1) is 0 Å². The molecular formula is C17H24N4. The largest absolute Gasteiger partial charge is 0.397 e. The average Bonchev–Trinajstić information content (AvgIpc) is 2.53. The predicted octanol–water partition coefficient (Wildman–Crippen LogP) is 3.88. The van der Waals surface area contributed by atoms with Crippen LogP contribution in [-0.2, 0) is 6.54 Å². The summed E-state index contributed by atoms with van der Waals surface area (Å²) < 4.78 is 0. The standard InChI is InChI=1S/C17H24N4/c1-2-3-5-11-19-15-9-7-8-14(17(15)18)13-21-16-10-4-6-12-20-16/h4,6-10,12,19H,2-3,5,11,13,18H2,1H3,(H,20,21). The fourth-order valence-corrected chi connectivity index (χ4v) is 2.17. The Labute approximate surface area is 126 Å². The second-order valence-corrected chi connectivity index (χ2v) is 5.08. The minimum absolute atomic E-state index is 0.674. The number of unbranched alkanes of at least 4 members (excludes halogenated alkanes) is 2. The summed E-state index contributed by atoms with van der Waals surface area (Å²) >= 11 is 0. The van der Waals surface area contributed by atoms with E-state index in [1.54, 1.807) is 6.20 Å². The summed E-state index contributed by atoms with van der Waals surface area (Å²) in [4.78, 5) is 4.25. The molecule has 0 fully saturated rings. The zero-order valence-corrected chi connectivity index (χ0v) is 12.6. The molecule has 0 atom stereocenters. The highest BCUT2D eigenvalue weighted by molar-refractivity contribution is 5.70. The first-order valence-corrected chi connectivity index (χ1v) is 7.57. The first kappa shape index (κ1) is 15.2. The van der Waals surface area contributed by atoms with Crippen molar-refractivity contribution in [2.45, 2.75) is 32.7 Å². The van der Waals surface area contributed by atoms with Crippen molar-refractivity contribution >= 4 is 17.2 Å². The molecule has 1 aromatic carbocycles. The van der Waals surface area contributed by atoms with E-state index < -0.39 is 0 Å². The topological polar surface area (TPSA) is 63.0 Å². The van der Waals surface area contributed by atoms with E-state index >= 15 is 0 Å². The zero-order chi connectivity index (χ0) is 14.9. The van der Waals surface area contributed by atoms with Crippen molar-refractivity contribution in [3.63, 3.8) is 0 Å². The van der Waals surface area contributed by atoms with Crippen molar-refractivity contribution in [2.75, 3.05) is 22.9 Å². The molecule has 0 amide bonds.